The Hall–Kier alpha value is -0.0300. The normalized spacial score (nSPS) is 30.2. The zero-order valence-corrected chi connectivity index (χ0v) is 12.0. The van der Waals surface area contributed by atoms with Crippen LogP contribution in [0.4, 0.5) is 0 Å². The van der Waals surface area contributed by atoms with Crippen LogP contribution in [-0.2, 0) is 13.7 Å². The molecule has 0 N–H and O–H groups in total. The minimum Gasteiger partial charge on any atom is -0.353 e. The van der Waals surface area contributed by atoms with Crippen molar-refractivity contribution in [3.63, 3.8) is 0 Å². The summed E-state index contributed by atoms with van der Waals surface area (Å²) < 4.78 is 16.9. The maximum atomic E-state index is 6.17. The van der Waals surface area contributed by atoms with Crippen LogP contribution in [0.2, 0.25) is 0 Å². The van der Waals surface area contributed by atoms with Crippen molar-refractivity contribution in [2.75, 3.05) is 13.7 Å². The van der Waals surface area contributed by atoms with Crippen LogP contribution in [0.15, 0.2) is 12.7 Å². The lowest BCUT2D eigenvalue weighted by molar-refractivity contribution is -0.321. The van der Waals surface area contributed by atoms with Crippen molar-refractivity contribution in [3.8, 4) is 0 Å². The van der Waals surface area contributed by atoms with Gasteiger partial charge in [0.25, 0.3) is 0 Å². The predicted octanol–water partition coefficient (Wildman–Crippen LogP) is 3.36. The second-order valence-electron chi connectivity index (χ2n) is 5.27. The van der Waals surface area contributed by atoms with Crippen LogP contribution < -0.4 is 0 Å². The average Bonchev–Trinajstić information content (AvgIpc) is 2.29. The number of hydrogen-bond donors (Lipinski definition) is 1. The molecular formula is C13H24O3S. The molecule has 1 rings (SSSR count). The van der Waals surface area contributed by atoms with E-state index >= 15 is 0 Å². The SMILES string of the molecule is C=CC[C@@H]1CCC[C@](OC)(C(C)(C)COS)O1. The van der Waals surface area contributed by atoms with Crippen molar-refractivity contribution in [2.45, 2.75) is 51.4 Å². The van der Waals surface area contributed by atoms with Crippen LogP contribution in [-0.4, -0.2) is 25.6 Å². The van der Waals surface area contributed by atoms with Crippen LogP contribution >= 0.6 is 12.9 Å². The van der Waals surface area contributed by atoms with Crippen LogP contribution in [0.5, 0.6) is 0 Å². The molecule has 1 heterocycles. The van der Waals surface area contributed by atoms with Gasteiger partial charge in [-0.15, -0.1) is 6.58 Å². The van der Waals surface area contributed by atoms with E-state index in [1.165, 1.54) is 0 Å². The van der Waals surface area contributed by atoms with E-state index in [2.05, 4.69) is 33.3 Å². The molecule has 100 valence electrons. The maximum Gasteiger partial charge on any atom is 0.175 e. The molecule has 0 unspecified atom stereocenters. The number of ether oxygens (including phenoxy) is 2. The highest BCUT2D eigenvalue weighted by atomic mass is 32.1. The zero-order valence-electron chi connectivity index (χ0n) is 11.1. The molecule has 0 aromatic rings. The molecule has 1 fully saturated rings. The quantitative estimate of drug-likeness (QED) is 0.451. The average molecular weight is 260 g/mol. The molecule has 0 aromatic heterocycles. The minimum atomic E-state index is -0.582. The van der Waals surface area contributed by atoms with Crippen molar-refractivity contribution in [1.82, 2.24) is 0 Å². The molecule has 0 amide bonds. The zero-order chi connectivity index (χ0) is 12.9. The Morgan fingerprint density at radius 3 is 2.82 bits per heavy atom. The van der Waals surface area contributed by atoms with Gasteiger partial charge in [-0.3, -0.25) is 0 Å². The molecule has 1 aliphatic rings. The Bertz CT molecular complexity index is 255. The lowest BCUT2D eigenvalue weighted by Crippen LogP contribution is -2.54. The van der Waals surface area contributed by atoms with E-state index in [1.807, 2.05) is 6.08 Å². The first kappa shape index (κ1) is 15.0. The number of methoxy groups -OCH3 is 1. The Kier molecular flexibility index (Phi) is 5.51. The van der Waals surface area contributed by atoms with E-state index in [0.717, 1.165) is 25.7 Å². The molecule has 0 aliphatic carbocycles. The summed E-state index contributed by atoms with van der Waals surface area (Å²) >= 11 is 3.85. The van der Waals surface area contributed by atoms with Gasteiger partial charge in [-0.05, 0) is 32.2 Å². The molecule has 1 saturated heterocycles. The number of thiol groups is 1. The monoisotopic (exact) mass is 260 g/mol. The highest BCUT2D eigenvalue weighted by molar-refractivity contribution is 7.75. The Morgan fingerprint density at radius 1 is 1.59 bits per heavy atom. The summed E-state index contributed by atoms with van der Waals surface area (Å²) in [6.45, 7) is 8.43. The van der Waals surface area contributed by atoms with Gasteiger partial charge in [0.15, 0.2) is 5.79 Å². The predicted molar refractivity (Wildman–Crippen MR) is 72.0 cm³/mol. The summed E-state index contributed by atoms with van der Waals surface area (Å²) in [4.78, 5) is 0. The molecule has 0 bridgehead atoms. The first-order valence-corrected chi connectivity index (χ1v) is 6.48. The largest absolute Gasteiger partial charge is 0.353 e. The lowest BCUT2D eigenvalue weighted by atomic mass is 9.78. The summed E-state index contributed by atoms with van der Waals surface area (Å²) in [5.74, 6) is -0.582. The van der Waals surface area contributed by atoms with Gasteiger partial charge in [-0.25, -0.2) is 0 Å². The van der Waals surface area contributed by atoms with Gasteiger partial charge in [0.05, 0.1) is 12.7 Å². The molecular weight excluding hydrogens is 236 g/mol. The Balaban J connectivity index is 2.82. The van der Waals surface area contributed by atoms with E-state index in [4.69, 9.17) is 13.7 Å². The van der Waals surface area contributed by atoms with Crippen LogP contribution in [0.25, 0.3) is 0 Å². The van der Waals surface area contributed by atoms with E-state index in [1.54, 1.807) is 7.11 Å². The summed E-state index contributed by atoms with van der Waals surface area (Å²) in [6.07, 6.45) is 6.01. The molecule has 0 spiro atoms. The molecule has 1 aliphatic heterocycles. The summed E-state index contributed by atoms with van der Waals surface area (Å²) in [7, 11) is 1.70. The van der Waals surface area contributed by atoms with Crippen molar-refractivity contribution < 1.29 is 13.7 Å². The van der Waals surface area contributed by atoms with Crippen LogP contribution in [0.3, 0.4) is 0 Å². The molecule has 4 heteroatoms. The lowest BCUT2D eigenvalue weighted by Gasteiger charge is -2.49. The van der Waals surface area contributed by atoms with Crippen LogP contribution in [0.1, 0.15) is 39.5 Å². The van der Waals surface area contributed by atoms with E-state index in [-0.39, 0.29) is 11.5 Å². The minimum absolute atomic E-state index is 0.195. The standard InChI is InChI=1S/C13H24O3S/c1-5-7-11-8-6-9-13(14-4,16-11)12(2,3)10-15-17/h5,11,17H,1,6-10H2,2-4H3/t11-,13-/m1/s1. The second kappa shape index (κ2) is 6.23. The fourth-order valence-corrected chi connectivity index (χ4v) is 2.82. The van der Waals surface area contributed by atoms with E-state index in [0.29, 0.717) is 6.61 Å². The van der Waals surface area contributed by atoms with Crippen molar-refractivity contribution in [1.29, 1.82) is 0 Å². The van der Waals surface area contributed by atoms with Crippen molar-refractivity contribution >= 4 is 12.9 Å². The Morgan fingerprint density at radius 2 is 2.29 bits per heavy atom. The summed E-state index contributed by atoms with van der Waals surface area (Å²) in [5, 5.41) is 0. The summed E-state index contributed by atoms with van der Waals surface area (Å²) in [5.41, 5.74) is -0.233. The fourth-order valence-electron chi connectivity index (χ4n) is 2.50. The smallest absolute Gasteiger partial charge is 0.175 e. The highest BCUT2D eigenvalue weighted by Crippen LogP contribution is 2.44. The summed E-state index contributed by atoms with van der Waals surface area (Å²) in [6, 6.07) is 0. The van der Waals surface area contributed by atoms with Gasteiger partial charge in [-0.2, -0.15) is 0 Å². The first-order chi connectivity index (χ1) is 8.01. The van der Waals surface area contributed by atoms with Gasteiger partial charge < -0.3 is 13.7 Å². The molecule has 0 radical (unpaired) electrons. The van der Waals surface area contributed by atoms with Gasteiger partial charge in [-0.1, -0.05) is 19.9 Å². The van der Waals surface area contributed by atoms with Crippen molar-refractivity contribution in [2.24, 2.45) is 5.41 Å². The second-order valence-corrected chi connectivity index (χ2v) is 5.53. The van der Waals surface area contributed by atoms with Gasteiger partial charge in [0.2, 0.25) is 0 Å². The Labute approximate surface area is 110 Å². The maximum absolute atomic E-state index is 6.17. The molecule has 0 aromatic carbocycles. The molecule has 3 nitrogen and oxygen atoms in total. The van der Waals surface area contributed by atoms with E-state index < -0.39 is 5.79 Å². The third kappa shape index (κ3) is 3.25. The van der Waals surface area contributed by atoms with Gasteiger partial charge in [0.1, 0.15) is 0 Å². The highest BCUT2D eigenvalue weighted by Gasteiger charge is 2.49. The third-order valence-corrected chi connectivity index (χ3v) is 3.73. The molecule has 17 heavy (non-hydrogen) atoms. The fraction of sp³-hybridized carbons (Fsp3) is 0.846. The number of rotatable bonds is 6. The number of hydrogen-bond acceptors (Lipinski definition) is 4. The van der Waals surface area contributed by atoms with Crippen LogP contribution in [0, 0.1) is 5.41 Å². The van der Waals surface area contributed by atoms with E-state index in [9.17, 15) is 0 Å². The van der Waals surface area contributed by atoms with Crippen molar-refractivity contribution in [3.05, 3.63) is 12.7 Å². The topological polar surface area (TPSA) is 27.7 Å². The molecule has 0 saturated carbocycles. The molecule has 2 atom stereocenters. The van der Waals surface area contributed by atoms with Gasteiger partial charge >= 0.3 is 0 Å². The van der Waals surface area contributed by atoms with Gasteiger partial charge in [0, 0.05) is 18.9 Å². The first-order valence-electron chi connectivity index (χ1n) is 6.11. The third-order valence-electron chi connectivity index (χ3n) is 3.60.